The molecule has 0 saturated carbocycles. The number of nitrogens with one attached hydrogen (secondary N) is 1. The fourth-order valence-corrected chi connectivity index (χ4v) is 3.91. The van der Waals surface area contributed by atoms with Gasteiger partial charge in [-0.1, -0.05) is 0 Å². The van der Waals surface area contributed by atoms with Gasteiger partial charge in [0.05, 0.1) is 11.9 Å². The molecule has 2 rings (SSSR count). The Labute approximate surface area is 86.1 Å². The summed E-state index contributed by atoms with van der Waals surface area (Å²) in [5.74, 6) is 4.11. The quantitative estimate of drug-likeness (QED) is 0.658. The van der Waals surface area contributed by atoms with Crippen LogP contribution in [0.4, 0.5) is 0 Å². The predicted molar refractivity (Wildman–Crippen MR) is 58.6 cm³/mol. The summed E-state index contributed by atoms with van der Waals surface area (Å²) in [7, 11) is -0.583. The maximum atomic E-state index is 11.4. The molecule has 3 nitrogen and oxygen atoms in total. The first-order chi connectivity index (χ1) is 6.36. The molecule has 2 unspecified atom stereocenters. The topological polar surface area (TPSA) is 32.3 Å². The summed E-state index contributed by atoms with van der Waals surface area (Å²) in [4.78, 5) is 2.44. The van der Waals surface area contributed by atoms with Crippen LogP contribution in [-0.4, -0.2) is 57.9 Å². The minimum Gasteiger partial charge on any atom is -0.300 e. The molecule has 0 aromatic heterocycles. The van der Waals surface area contributed by atoms with E-state index in [0.717, 1.165) is 31.1 Å². The van der Waals surface area contributed by atoms with Gasteiger partial charge in [-0.15, -0.1) is 0 Å². The van der Waals surface area contributed by atoms with Crippen LogP contribution >= 0.6 is 11.8 Å². The minimum atomic E-state index is -0.583. The molecule has 0 aliphatic carbocycles. The molecule has 76 valence electrons. The highest BCUT2D eigenvalue weighted by Gasteiger charge is 2.24. The highest BCUT2D eigenvalue weighted by atomic mass is 32.2. The number of nitrogens with zero attached hydrogens (tertiary/aromatic N) is 1. The van der Waals surface area contributed by atoms with Crippen molar-refractivity contribution >= 4 is 22.6 Å². The smallest absolute Gasteiger partial charge is 0.0716 e. The molecule has 0 radical (unpaired) electrons. The van der Waals surface area contributed by atoms with Crippen LogP contribution in [-0.2, 0) is 10.8 Å². The zero-order valence-corrected chi connectivity index (χ0v) is 9.33. The first kappa shape index (κ1) is 9.96. The molecule has 0 amide bonds. The Morgan fingerprint density at radius 3 is 2.85 bits per heavy atom. The lowest BCUT2D eigenvalue weighted by atomic mass is 10.4. The van der Waals surface area contributed by atoms with Crippen molar-refractivity contribution in [3.05, 3.63) is 0 Å². The van der Waals surface area contributed by atoms with Gasteiger partial charge in [0, 0.05) is 47.7 Å². The number of rotatable bonds is 1. The van der Waals surface area contributed by atoms with Crippen LogP contribution in [0.5, 0.6) is 0 Å². The molecular weight excluding hydrogens is 204 g/mol. The van der Waals surface area contributed by atoms with E-state index in [9.17, 15) is 4.21 Å². The van der Waals surface area contributed by atoms with Crippen molar-refractivity contribution in [2.75, 3.05) is 42.6 Å². The second-order valence-electron chi connectivity index (χ2n) is 3.43. The molecule has 2 fully saturated rings. The molecule has 0 bridgehead atoms. The van der Waals surface area contributed by atoms with Crippen molar-refractivity contribution in [3.63, 3.8) is 0 Å². The van der Waals surface area contributed by atoms with E-state index in [1.165, 1.54) is 11.5 Å². The lowest BCUT2D eigenvalue weighted by Crippen LogP contribution is -2.55. The monoisotopic (exact) mass is 220 g/mol. The summed E-state index contributed by atoms with van der Waals surface area (Å²) in [6.07, 6.45) is 0.385. The summed E-state index contributed by atoms with van der Waals surface area (Å²) in [5.41, 5.74) is 0. The Kier molecular flexibility index (Phi) is 3.66. The van der Waals surface area contributed by atoms with Gasteiger partial charge in [-0.2, -0.15) is 11.8 Å². The Morgan fingerprint density at radius 2 is 2.15 bits per heavy atom. The molecule has 13 heavy (non-hydrogen) atoms. The summed E-state index contributed by atoms with van der Waals surface area (Å²) in [6.45, 7) is 3.22. The molecule has 0 spiro atoms. The van der Waals surface area contributed by atoms with Gasteiger partial charge in [-0.05, 0) is 0 Å². The summed E-state index contributed by atoms with van der Waals surface area (Å²) >= 11 is 2.02. The van der Waals surface area contributed by atoms with E-state index < -0.39 is 10.8 Å². The Bertz CT molecular complexity index is 195. The number of hydrogen-bond donors (Lipinski definition) is 1. The van der Waals surface area contributed by atoms with Gasteiger partial charge < -0.3 is 5.32 Å². The Hall–Kier alpha value is 0.420. The molecule has 1 N–H and O–H groups in total. The fourth-order valence-electron chi connectivity index (χ4n) is 1.78. The molecule has 2 aliphatic rings. The van der Waals surface area contributed by atoms with E-state index in [-0.39, 0.29) is 0 Å². The summed E-state index contributed by atoms with van der Waals surface area (Å²) in [5, 5.41) is 3.44. The van der Waals surface area contributed by atoms with Crippen molar-refractivity contribution in [1.29, 1.82) is 0 Å². The van der Waals surface area contributed by atoms with Crippen molar-refractivity contribution in [2.45, 2.75) is 6.17 Å². The largest absolute Gasteiger partial charge is 0.300 e. The SMILES string of the molecule is O=S1CCNC(N2CCSCC2)C1. The number of hydrogen-bond acceptors (Lipinski definition) is 4. The van der Waals surface area contributed by atoms with Gasteiger partial charge in [0.25, 0.3) is 0 Å². The highest BCUT2D eigenvalue weighted by molar-refractivity contribution is 7.99. The lowest BCUT2D eigenvalue weighted by Gasteiger charge is -2.36. The fraction of sp³-hybridized carbons (Fsp3) is 1.00. The average Bonchev–Trinajstić information content (AvgIpc) is 2.19. The van der Waals surface area contributed by atoms with Gasteiger partial charge in [-0.3, -0.25) is 9.11 Å². The summed E-state index contributed by atoms with van der Waals surface area (Å²) in [6, 6.07) is 0. The standard InChI is InChI=1S/C8H16N2OS2/c11-13-6-1-9-8(7-13)10-2-4-12-5-3-10/h8-9H,1-7H2. The minimum absolute atomic E-state index is 0.385. The Balaban J connectivity index is 1.87. The lowest BCUT2D eigenvalue weighted by molar-refractivity contribution is 0.198. The van der Waals surface area contributed by atoms with Crippen molar-refractivity contribution in [2.24, 2.45) is 0 Å². The second-order valence-corrected chi connectivity index (χ2v) is 6.27. The van der Waals surface area contributed by atoms with Crippen LogP contribution in [0, 0.1) is 0 Å². The maximum absolute atomic E-state index is 11.4. The van der Waals surface area contributed by atoms with Crippen LogP contribution in [0.2, 0.25) is 0 Å². The van der Waals surface area contributed by atoms with Crippen molar-refractivity contribution < 1.29 is 4.21 Å². The third kappa shape index (κ3) is 2.68. The predicted octanol–water partition coefficient (Wildman–Crippen LogP) is -0.287. The van der Waals surface area contributed by atoms with E-state index in [1.54, 1.807) is 0 Å². The van der Waals surface area contributed by atoms with E-state index in [4.69, 9.17) is 0 Å². The van der Waals surface area contributed by atoms with E-state index in [1.807, 2.05) is 11.8 Å². The molecule has 0 aromatic carbocycles. The van der Waals surface area contributed by atoms with Crippen LogP contribution < -0.4 is 5.32 Å². The zero-order valence-electron chi connectivity index (χ0n) is 7.70. The number of thioether (sulfide) groups is 1. The molecule has 2 atom stereocenters. The molecule has 2 aliphatic heterocycles. The summed E-state index contributed by atoms with van der Waals surface area (Å²) < 4.78 is 11.4. The van der Waals surface area contributed by atoms with Gasteiger partial charge in [0.1, 0.15) is 0 Å². The molecule has 0 aromatic rings. The van der Waals surface area contributed by atoms with Crippen LogP contribution in [0.3, 0.4) is 0 Å². The first-order valence-electron chi connectivity index (χ1n) is 4.76. The van der Waals surface area contributed by atoms with Crippen LogP contribution in [0.25, 0.3) is 0 Å². The average molecular weight is 220 g/mol. The van der Waals surface area contributed by atoms with Gasteiger partial charge >= 0.3 is 0 Å². The first-order valence-corrected chi connectivity index (χ1v) is 7.41. The van der Waals surface area contributed by atoms with E-state index in [0.29, 0.717) is 6.17 Å². The molecular formula is C8H16N2OS2. The molecule has 5 heteroatoms. The van der Waals surface area contributed by atoms with Crippen molar-refractivity contribution in [3.8, 4) is 0 Å². The van der Waals surface area contributed by atoms with Crippen molar-refractivity contribution in [1.82, 2.24) is 10.2 Å². The van der Waals surface area contributed by atoms with E-state index in [2.05, 4.69) is 10.2 Å². The molecule has 2 saturated heterocycles. The third-order valence-electron chi connectivity index (χ3n) is 2.54. The van der Waals surface area contributed by atoms with Crippen LogP contribution in [0.1, 0.15) is 0 Å². The van der Waals surface area contributed by atoms with E-state index >= 15 is 0 Å². The second kappa shape index (κ2) is 4.77. The normalized spacial score (nSPS) is 37.5. The third-order valence-corrected chi connectivity index (χ3v) is 4.83. The van der Waals surface area contributed by atoms with Gasteiger partial charge in [0.2, 0.25) is 0 Å². The van der Waals surface area contributed by atoms with Crippen LogP contribution in [0.15, 0.2) is 0 Å². The maximum Gasteiger partial charge on any atom is 0.0716 e. The zero-order chi connectivity index (χ0) is 9.10. The molecule has 2 heterocycles. The van der Waals surface area contributed by atoms with Gasteiger partial charge in [0.15, 0.2) is 0 Å². The highest BCUT2D eigenvalue weighted by Crippen LogP contribution is 2.12. The Morgan fingerprint density at radius 1 is 1.38 bits per heavy atom. The van der Waals surface area contributed by atoms with Gasteiger partial charge in [-0.25, -0.2) is 0 Å².